The van der Waals surface area contributed by atoms with Gasteiger partial charge in [-0.1, -0.05) is 33.6 Å². The summed E-state index contributed by atoms with van der Waals surface area (Å²) in [5, 5.41) is 0. The monoisotopic (exact) mass is 160 g/mol. The second kappa shape index (κ2) is 6.16. The Balaban J connectivity index is 3.56. The van der Waals surface area contributed by atoms with E-state index < -0.39 is 0 Å². The lowest BCUT2D eigenvalue weighted by Crippen LogP contribution is -2.11. The molecule has 0 aliphatic carbocycles. The summed E-state index contributed by atoms with van der Waals surface area (Å²) in [6.45, 7) is 9.31. The Hall–Kier alpha value is 0.430. The Labute approximate surface area is 67.6 Å². The van der Waals surface area contributed by atoms with Crippen molar-refractivity contribution in [1.29, 1.82) is 0 Å². The van der Waals surface area contributed by atoms with Gasteiger partial charge in [-0.05, 0) is 24.7 Å². The molecule has 0 aliphatic heterocycles. The maximum absolute atomic E-state index is 2.39. The fraction of sp³-hybridized carbons (Fsp3) is 1.00. The van der Waals surface area contributed by atoms with Gasteiger partial charge in [0.1, 0.15) is 0 Å². The summed E-state index contributed by atoms with van der Waals surface area (Å²) in [5.41, 5.74) is 1.01. The van der Waals surface area contributed by atoms with Crippen LogP contribution in [-0.4, -0.2) is 12.3 Å². The molecule has 0 radical (unpaired) electrons. The zero-order valence-corrected chi connectivity index (χ0v) is 8.78. The number of hydrogen-bond donors (Lipinski definition) is 0. The molecular weight excluding hydrogens is 139 g/mol. The molecule has 0 aliphatic rings. The van der Waals surface area contributed by atoms with E-state index in [0.29, 0.717) is 0 Å². The van der Waals surface area contributed by atoms with Gasteiger partial charge in [0.25, 0.3) is 0 Å². The first-order chi connectivity index (χ1) is 4.76. The van der Waals surface area contributed by atoms with Crippen LogP contribution < -0.4 is 0 Å². The van der Waals surface area contributed by atoms with Crippen molar-refractivity contribution in [3.05, 3.63) is 0 Å². The quantitative estimate of drug-likeness (QED) is 0.540. The molecule has 62 valence electrons. The summed E-state index contributed by atoms with van der Waals surface area (Å²) in [5.74, 6) is 0.947. The zero-order valence-electron chi connectivity index (χ0n) is 7.78. The molecule has 0 saturated heterocycles. The van der Waals surface area contributed by atoms with Crippen LogP contribution in [0.2, 0.25) is 0 Å². The predicted molar refractivity (Wildman–Crippen MR) is 52.4 cm³/mol. The molecule has 0 rings (SSSR count). The number of rotatable bonds is 5. The highest BCUT2D eigenvalue weighted by Crippen LogP contribution is 2.28. The molecule has 0 nitrogen and oxygen atoms in total. The highest BCUT2D eigenvalue weighted by atomic mass is 31.1. The molecule has 1 heteroatoms. The fourth-order valence-corrected chi connectivity index (χ4v) is 2.69. The van der Waals surface area contributed by atoms with E-state index in [2.05, 4.69) is 27.4 Å². The summed E-state index contributed by atoms with van der Waals surface area (Å²) in [6, 6.07) is 0. The molecule has 0 heterocycles. The molecule has 0 spiro atoms. The lowest BCUT2D eigenvalue weighted by molar-refractivity contribution is 0.504. The van der Waals surface area contributed by atoms with Crippen LogP contribution in [0.1, 0.15) is 40.0 Å². The Bertz CT molecular complexity index is 71.1. The summed E-state index contributed by atoms with van der Waals surface area (Å²) >= 11 is 0. The van der Waals surface area contributed by atoms with Crippen molar-refractivity contribution in [2.45, 2.75) is 45.7 Å². The summed E-state index contributed by atoms with van der Waals surface area (Å²) in [7, 11) is 1.14. The second-order valence-electron chi connectivity index (χ2n) is 3.07. The molecule has 0 saturated carbocycles. The van der Waals surface area contributed by atoms with Crippen LogP contribution in [0.25, 0.3) is 0 Å². The topological polar surface area (TPSA) is 0 Å². The van der Waals surface area contributed by atoms with Crippen molar-refractivity contribution in [3.8, 4) is 0 Å². The van der Waals surface area contributed by atoms with E-state index in [1.54, 1.807) is 0 Å². The molecule has 0 amide bonds. The van der Waals surface area contributed by atoms with E-state index in [0.717, 1.165) is 20.2 Å². The van der Waals surface area contributed by atoms with Gasteiger partial charge in [-0.2, -0.15) is 0 Å². The lowest BCUT2D eigenvalue weighted by atomic mass is 10.0. The molecule has 0 N–H and O–H groups in total. The first-order valence-electron chi connectivity index (χ1n) is 4.43. The van der Waals surface area contributed by atoms with E-state index in [1.807, 2.05) is 0 Å². The van der Waals surface area contributed by atoms with E-state index in [4.69, 9.17) is 0 Å². The summed E-state index contributed by atoms with van der Waals surface area (Å²) in [4.78, 5) is 0. The Morgan fingerprint density at radius 1 is 1.30 bits per heavy atom. The SMILES string of the molecule is CCCC(PC)C(C)CC. The van der Waals surface area contributed by atoms with Crippen LogP contribution in [0.15, 0.2) is 0 Å². The maximum Gasteiger partial charge on any atom is -0.0214 e. The van der Waals surface area contributed by atoms with Crippen molar-refractivity contribution in [2.24, 2.45) is 5.92 Å². The molecule has 0 aromatic heterocycles. The van der Waals surface area contributed by atoms with Crippen LogP contribution in [0.4, 0.5) is 0 Å². The molecule has 3 atom stereocenters. The minimum atomic E-state index is 0.947. The molecular formula is C9H21P. The van der Waals surface area contributed by atoms with Crippen molar-refractivity contribution >= 4 is 8.58 Å². The third kappa shape index (κ3) is 3.56. The molecule has 0 aromatic carbocycles. The fourth-order valence-electron chi connectivity index (χ4n) is 1.31. The Morgan fingerprint density at radius 2 is 1.90 bits per heavy atom. The summed E-state index contributed by atoms with van der Waals surface area (Å²) < 4.78 is 0. The Kier molecular flexibility index (Phi) is 6.43. The van der Waals surface area contributed by atoms with Gasteiger partial charge < -0.3 is 0 Å². The highest BCUT2D eigenvalue weighted by Gasteiger charge is 2.11. The van der Waals surface area contributed by atoms with Gasteiger partial charge in [-0.25, -0.2) is 0 Å². The van der Waals surface area contributed by atoms with Gasteiger partial charge in [-0.3, -0.25) is 0 Å². The van der Waals surface area contributed by atoms with Crippen LogP contribution in [0, 0.1) is 5.92 Å². The third-order valence-corrected chi connectivity index (χ3v) is 3.90. The molecule has 3 unspecified atom stereocenters. The smallest absolute Gasteiger partial charge is 0.0214 e. The lowest BCUT2D eigenvalue weighted by Gasteiger charge is -2.20. The molecule has 0 aromatic rings. The van der Waals surface area contributed by atoms with Gasteiger partial charge in [0.05, 0.1) is 0 Å². The first-order valence-corrected chi connectivity index (χ1v) is 6.01. The first kappa shape index (κ1) is 10.4. The van der Waals surface area contributed by atoms with E-state index in [9.17, 15) is 0 Å². The van der Waals surface area contributed by atoms with Gasteiger partial charge in [0, 0.05) is 0 Å². The van der Waals surface area contributed by atoms with Crippen LogP contribution in [-0.2, 0) is 0 Å². The van der Waals surface area contributed by atoms with Gasteiger partial charge in [0.2, 0.25) is 0 Å². The highest BCUT2D eigenvalue weighted by molar-refractivity contribution is 7.37. The molecule has 0 bridgehead atoms. The minimum Gasteiger partial charge on any atom is -0.122 e. The van der Waals surface area contributed by atoms with Gasteiger partial charge in [0.15, 0.2) is 0 Å². The van der Waals surface area contributed by atoms with Crippen molar-refractivity contribution < 1.29 is 0 Å². The normalized spacial score (nSPS) is 18.0. The van der Waals surface area contributed by atoms with E-state index >= 15 is 0 Å². The second-order valence-corrected chi connectivity index (χ2v) is 4.39. The Morgan fingerprint density at radius 3 is 2.20 bits per heavy atom. The van der Waals surface area contributed by atoms with Crippen molar-refractivity contribution in [3.63, 3.8) is 0 Å². The third-order valence-electron chi connectivity index (χ3n) is 2.30. The average Bonchev–Trinajstić information content (AvgIpc) is 1.99. The molecule has 10 heavy (non-hydrogen) atoms. The minimum absolute atomic E-state index is 0.947. The van der Waals surface area contributed by atoms with Crippen molar-refractivity contribution in [2.75, 3.05) is 6.66 Å². The van der Waals surface area contributed by atoms with Gasteiger partial charge >= 0.3 is 0 Å². The standard InChI is InChI=1S/C9H21P/c1-5-7-9(10-4)8(3)6-2/h8-10H,5-7H2,1-4H3. The van der Waals surface area contributed by atoms with E-state index in [1.165, 1.54) is 19.3 Å². The van der Waals surface area contributed by atoms with Crippen LogP contribution in [0.3, 0.4) is 0 Å². The van der Waals surface area contributed by atoms with Gasteiger partial charge in [-0.15, -0.1) is 8.58 Å². The summed E-state index contributed by atoms with van der Waals surface area (Å²) in [6.07, 6.45) is 4.14. The van der Waals surface area contributed by atoms with Crippen LogP contribution >= 0.6 is 8.58 Å². The molecule has 0 fully saturated rings. The maximum atomic E-state index is 2.39. The van der Waals surface area contributed by atoms with E-state index in [-0.39, 0.29) is 0 Å². The number of hydrogen-bond acceptors (Lipinski definition) is 0. The average molecular weight is 160 g/mol. The van der Waals surface area contributed by atoms with Crippen LogP contribution in [0.5, 0.6) is 0 Å². The van der Waals surface area contributed by atoms with Crippen molar-refractivity contribution in [1.82, 2.24) is 0 Å². The largest absolute Gasteiger partial charge is 0.122 e. The zero-order chi connectivity index (χ0) is 7.98. The predicted octanol–water partition coefficient (Wildman–Crippen LogP) is 3.51.